The predicted molar refractivity (Wildman–Crippen MR) is 85.8 cm³/mol. The summed E-state index contributed by atoms with van der Waals surface area (Å²) in [6.45, 7) is 1.33. The molecule has 24 heavy (non-hydrogen) atoms. The SMILES string of the molecule is CC(O)C(NC(=O)c1ccc(Oc2ccccc2)cc1)C(=O)NO. The molecule has 0 aliphatic rings. The Hall–Kier alpha value is -2.90. The molecule has 4 N–H and O–H groups in total. The van der Waals surface area contributed by atoms with Gasteiger partial charge in [0.05, 0.1) is 6.10 Å². The molecule has 2 amide bonds. The number of hydroxylamine groups is 1. The molecule has 0 radical (unpaired) electrons. The number of amides is 2. The molecule has 2 unspecified atom stereocenters. The van der Waals surface area contributed by atoms with Gasteiger partial charge in [-0.25, -0.2) is 5.48 Å². The van der Waals surface area contributed by atoms with E-state index in [9.17, 15) is 14.7 Å². The van der Waals surface area contributed by atoms with Crippen molar-refractivity contribution in [2.24, 2.45) is 0 Å². The first-order chi connectivity index (χ1) is 11.5. The molecule has 0 aliphatic heterocycles. The molecule has 0 fully saturated rings. The minimum absolute atomic E-state index is 0.284. The number of para-hydroxylation sites is 1. The van der Waals surface area contributed by atoms with Crippen molar-refractivity contribution >= 4 is 11.8 Å². The summed E-state index contributed by atoms with van der Waals surface area (Å²) in [6, 6.07) is 14.2. The van der Waals surface area contributed by atoms with Gasteiger partial charge in [-0.15, -0.1) is 0 Å². The van der Waals surface area contributed by atoms with Crippen molar-refractivity contribution in [1.82, 2.24) is 10.8 Å². The van der Waals surface area contributed by atoms with Crippen LogP contribution in [-0.4, -0.2) is 34.3 Å². The minimum atomic E-state index is -1.26. The maximum Gasteiger partial charge on any atom is 0.268 e. The molecular formula is C17H18N2O5. The van der Waals surface area contributed by atoms with Crippen LogP contribution in [0.2, 0.25) is 0 Å². The first-order valence-corrected chi connectivity index (χ1v) is 7.27. The van der Waals surface area contributed by atoms with E-state index < -0.39 is 24.0 Å². The van der Waals surface area contributed by atoms with Crippen LogP contribution in [0.5, 0.6) is 11.5 Å². The van der Waals surface area contributed by atoms with Gasteiger partial charge < -0.3 is 15.2 Å². The molecule has 0 aliphatic carbocycles. The van der Waals surface area contributed by atoms with Crippen LogP contribution in [0.4, 0.5) is 0 Å². The summed E-state index contributed by atoms with van der Waals surface area (Å²) in [6.07, 6.45) is -1.17. The highest BCUT2D eigenvalue weighted by Crippen LogP contribution is 2.21. The monoisotopic (exact) mass is 330 g/mol. The van der Waals surface area contributed by atoms with Crippen LogP contribution in [0.15, 0.2) is 54.6 Å². The van der Waals surface area contributed by atoms with Gasteiger partial charge in [-0.1, -0.05) is 18.2 Å². The Morgan fingerprint density at radius 2 is 1.58 bits per heavy atom. The molecular weight excluding hydrogens is 312 g/mol. The van der Waals surface area contributed by atoms with Crippen molar-refractivity contribution in [3.8, 4) is 11.5 Å². The molecule has 0 saturated carbocycles. The van der Waals surface area contributed by atoms with E-state index in [-0.39, 0.29) is 5.56 Å². The maximum atomic E-state index is 12.1. The maximum absolute atomic E-state index is 12.1. The first kappa shape index (κ1) is 17.5. The average Bonchev–Trinajstić information content (AvgIpc) is 2.60. The largest absolute Gasteiger partial charge is 0.457 e. The Kier molecular flexibility index (Phi) is 5.89. The number of rotatable bonds is 6. The van der Waals surface area contributed by atoms with E-state index in [0.29, 0.717) is 11.5 Å². The third-order valence-corrected chi connectivity index (χ3v) is 3.26. The zero-order valence-corrected chi connectivity index (χ0v) is 13.0. The summed E-state index contributed by atoms with van der Waals surface area (Å²) in [7, 11) is 0. The Morgan fingerprint density at radius 3 is 2.12 bits per heavy atom. The fraction of sp³-hybridized carbons (Fsp3) is 0.176. The topological polar surface area (TPSA) is 108 Å². The summed E-state index contributed by atoms with van der Waals surface area (Å²) in [5.41, 5.74) is 1.69. The molecule has 0 heterocycles. The molecule has 2 rings (SSSR count). The number of carbonyl (C=O) groups is 2. The Bertz CT molecular complexity index is 686. The van der Waals surface area contributed by atoms with E-state index in [1.165, 1.54) is 24.5 Å². The highest BCUT2D eigenvalue weighted by molar-refractivity contribution is 5.97. The van der Waals surface area contributed by atoms with E-state index in [0.717, 1.165) is 0 Å². The van der Waals surface area contributed by atoms with Crippen molar-refractivity contribution in [3.05, 3.63) is 60.2 Å². The molecule has 2 atom stereocenters. The van der Waals surface area contributed by atoms with Crippen LogP contribution in [0.25, 0.3) is 0 Å². The van der Waals surface area contributed by atoms with E-state index in [1.54, 1.807) is 24.3 Å². The smallest absolute Gasteiger partial charge is 0.268 e. The quantitative estimate of drug-likeness (QED) is 0.474. The number of nitrogens with one attached hydrogen (secondary N) is 2. The lowest BCUT2D eigenvalue weighted by molar-refractivity contribution is -0.133. The van der Waals surface area contributed by atoms with Gasteiger partial charge in [-0.3, -0.25) is 14.8 Å². The van der Waals surface area contributed by atoms with Gasteiger partial charge in [0, 0.05) is 5.56 Å². The summed E-state index contributed by atoms with van der Waals surface area (Å²) in [5, 5.41) is 20.5. The third kappa shape index (κ3) is 4.55. The van der Waals surface area contributed by atoms with Gasteiger partial charge in [0.1, 0.15) is 17.5 Å². The second kappa shape index (κ2) is 8.09. The van der Waals surface area contributed by atoms with Crippen molar-refractivity contribution in [3.63, 3.8) is 0 Å². The zero-order valence-electron chi connectivity index (χ0n) is 13.0. The molecule has 126 valence electrons. The van der Waals surface area contributed by atoms with E-state index in [2.05, 4.69) is 5.32 Å². The Labute approximate surface area is 138 Å². The molecule has 0 bridgehead atoms. The number of aliphatic hydroxyl groups excluding tert-OH is 1. The lowest BCUT2D eigenvalue weighted by Gasteiger charge is -2.19. The van der Waals surface area contributed by atoms with Crippen molar-refractivity contribution in [2.75, 3.05) is 0 Å². The summed E-state index contributed by atoms with van der Waals surface area (Å²) in [5.74, 6) is -0.237. The van der Waals surface area contributed by atoms with Crippen LogP contribution in [0.1, 0.15) is 17.3 Å². The van der Waals surface area contributed by atoms with E-state index >= 15 is 0 Å². The van der Waals surface area contributed by atoms with Crippen LogP contribution < -0.4 is 15.5 Å². The van der Waals surface area contributed by atoms with Gasteiger partial charge in [0.2, 0.25) is 0 Å². The van der Waals surface area contributed by atoms with Gasteiger partial charge in [0.15, 0.2) is 0 Å². The molecule has 0 spiro atoms. The number of carbonyl (C=O) groups excluding carboxylic acids is 2. The highest BCUT2D eigenvalue weighted by atomic mass is 16.5. The molecule has 7 nitrogen and oxygen atoms in total. The highest BCUT2D eigenvalue weighted by Gasteiger charge is 2.25. The van der Waals surface area contributed by atoms with Gasteiger partial charge >= 0.3 is 0 Å². The number of aliphatic hydroxyl groups is 1. The summed E-state index contributed by atoms with van der Waals surface area (Å²) < 4.78 is 5.62. The van der Waals surface area contributed by atoms with E-state index in [1.807, 2.05) is 18.2 Å². The van der Waals surface area contributed by atoms with Crippen molar-refractivity contribution in [1.29, 1.82) is 0 Å². The first-order valence-electron chi connectivity index (χ1n) is 7.27. The van der Waals surface area contributed by atoms with Crippen LogP contribution in [0.3, 0.4) is 0 Å². The lowest BCUT2D eigenvalue weighted by Crippen LogP contribution is -2.51. The van der Waals surface area contributed by atoms with Gasteiger partial charge in [0.25, 0.3) is 11.8 Å². The zero-order chi connectivity index (χ0) is 17.5. The van der Waals surface area contributed by atoms with E-state index in [4.69, 9.17) is 9.94 Å². The number of ether oxygens (including phenoxy) is 1. The average molecular weight is 330 g/mol. The number of hydrogen-bond acceptors (Lipinski definition) is 5. The van der Waals surface area contributed by atoms with Crippen LogP contribution >= 0.6 is 0 Å². The second-order valence-corrected chi connectivity index (χ2v) is 5.11. The van der Waals surface area contributed by atoms with Crippen LogP contribution in [-0.2, 0) is 4.79 Å². The summed E-state index contributed by atoms with van der Waals surface area (Å²) >= 11 is 0. The predicted octanol–water partition coefficient (Wildman–Crippen LogP) is 1.46. The normalized spacial score (nSPS) is 12.8. The lowest BCUT2D eigenvalue weighted by atomic mass is 10.1. The Morgan fingerprint density at radius 1 is 1.00 bits per heavy atom. The second-order valence-electron chi connectivity index (χ2n) is 5.11. The minimum Gasteiger partial charge on any atom is -0.457 e. The Balaban J connectivity index is 2.04. The summed E-state index contributed by atoms with van der Waals surface area (Å²) in [4.78, 5) is 23.5. The molecule has 2 aromatic carbocycles. The molecule has 0 saturated heterocycles. The van der Waals surface area contributed by atoms with Crippen LogP contribution in [0, 0.1) is 0 Å². The number of benzene rings is 2. The fourth-order valence-corrected chi connectivity index (χ4v) is 2.00. The van der Waals surface area contributed by atoms with Crippen molar-refractivity contribution in [2.45, 2.75) is 19.1 Å². The van der Waals surface area contributed by atoms with Gasteiger partial charge in [-0.05, 0) is 43.3 Å². The molecule has 7 heteroatoms. The molecule has 0 aromatic heterocycles. The van der Waals surface area contributed by atoms with Gasteiger partial charge in [-0.2, -0.15) is 0 Å². The third-order valence-electron chi connectivity index (χ3n) is 3.26. The fourth-order valence-electron chi connectivity index (χ4n) is 2.00. The van der Waals surface area contributed by atoms with Crippen molar-refractivity contribution < 1.29 is 24.6 Å². The standard InChI is InChI=1S/C17H18N2O5/c1-11(20)15(17(22)19-23)18-16(21)12-7-9-14(10-8-12)24-13-5-3-2-4-6-13/h2-11,15,20,23H,1H3,(H,18,21)(H,19,22). The molecule has 2 aromatic rings. The number of hydrogen-bond donors (Lipinski definition) is 4.